The molecule has 0 aliphatic rings. The predicted molar refractivity (Wildman–Crippen MR) is 77.0 cm³/mol. The van der Waals surface area contributed by atoms with Gasteiger partial charge in [-0.1, -0.05) is 6.07 Å². The minimum atomic E-state index is -4.74. The van der Waals surface area contributed by atoms with Crippen LogP contribution in [0.15, 0.2) is 47.4 Å². The van der Waals surface area contributed by atoms with Crippen molar-refractivity contribution < 1.29 is 31.6 Å². The molecular weight excluding hydrogens is 353 g/mol. The molecule has 0 aromatic heterocycles. The third-order valence-electron chi connectivity index (χ3n) is 2.91. The van der Waals surface area contributed by atoms with Crippen LogP contribution in [0.2, 0.25) is 0 Å². The van der Waals surface area contributed by atoms with Crippen LogP contribution < -0.4 is 4.72 Å². The van der Waals surface area contributed by atoms with Crippen LogP contribution in [0, 0.1) is 10.1 Å². The van der Waals surface area contributed by atoms with Gasteiger partial charge in [0.1, 0.15) is 5.75 Å². The van der Waals surface area contributed by atoms with Gasteiger partial charge in [0, 0.05) is 12.1 Å². The highest BCUT2D eigenvalue weighted by atomic mass is 32.2. The molecule has 2 aromatic rings. The number of halogens is 3. The minimum Gasteiger partial charge on any atom is -0.506 e. The van der Waals surface area contributed by atoms with Gasteiger partial charge in [-0.2, -0.15) is 13.2 Å². The number of aromatic hydroxyl groups is 1. The number of nitro benzene ring substituents is 1. The van der Waals surface area contributed by atoms with Gasteiger partial charge in [-0.3, -0.25) is 14.8 Å². The lowest BCUT2D eigenvalue weighted by atomic mass is 10.2. The van der Waals surface area contributed by atoms with Crippen molar-refractivity contribution in [3.8, 4) is 5.75 Å². The summed E-state index contributed by atoms with van der Waals surface area (Å²) in [6.07, 6.45) is -4.74. The predicted octanol–water partition coefficient (Wildman–Crippen LogP) is 3.12. The van der Waals surface area contributed by atoms with Crippen LogP contribution >= 0.6 is 0 Å². The zero-order valence-electron chi connectivity index (χ0n) is 11.6. The fourth-order valence-corrected chi connectivity index (χ4v) is 2.87. The van der Waals surface area contributed by atoms with Gasteiger partial charge in [-0.25, -0.2) is 8.42 Å². The zero-order chi connectivity index (χ0) is 18.1. The van der Waals surface area contributed by atoms with E-state index >= 15 is 0 Å². The Labute approximate surface area is 133 Å². The third-order valence-corrected chi connectivity index (χ3v) is 4.27. The van der Waals surface area contributed by atoms with Crippen LogP contribution in [-0.4, -0.2) is 18.4 Å². The standard InChI is InChI=1S/C13H9F3N2O5S/c14-13(15,16)8-2-1-3-10(6-8)24(22,23)17-11-7-9(18(20)21)4-5-12(11)19/h1-7,17,19H. The monoisotopic (exact) mass is 362 g/mol. The van der Waals surface area contributed by atoms with Crippen molar-refractivity contribution >= 4 is 21.4 Å². The molecule has 2 N–H and O–H groups in total. The van der Waals surface area contributed by atoms with E-state index in [0.29, 0.717) is 12.1 Å². The minimum absolute atomic E-state index is 0.413. The lowest BCUT2D eigenvalue weighted by molar-refractivity contribution is -0.384. The molecule has 0 unspecified atom stereocenters. The lowest BCUT2D eigenvalue weighted by Crippen LogP contribution is -2.14. The molecule has 2 rings (SSSR count). The van der Waals surface area contributed by atoms with E-state index < -0.39 is 48.7 Å². The first-order valence-corrected chi connectivity index (χ1v) is 7.66. The highest BCUT2D eigenvalue weighted by Crippen LogP contribution is 2.32. The Balaban J connectivity index is 2.43. The third kappa shape index (κ3) is 3.74. The first-order valence-electron chi connectivity index (χ1n) is 6.18. The maximum Gasteiger partial charge on any atom is 0.416 e. The number of benzene rings is 2. The van der Waals surface area contributed by atoms with E-state index in [9.17, 15) is 36.8 Å². The number of alkyl halides is 3. The summed E-state index contributed by atoms with van der Waals surface area (Å²) in [4.78, 5) is 9.15. The van der Waals surface area contributed by atoms with E-state index in [2.05, 4.69) is 0 Å². The Morgan fingerprint density at radius 3 is 2.38 bits per heavy atom. The second-order valence-electron chi connectivity index (χ2n) is 4.59. The topological polar surface area (TPSA) is 110 Å². The molecule has 0 radical (unpaired) electrons. The highest BCUT2D eigenvalue weighted by Gasteiger charge is 2.31. The molecule has 0 bridgehead atoms. The molecule has 0 fully saturated rings. The molecule has 0 atom stereocenters. The fourth-order valence-electron chi connectivity index (χ4n) is 1.76. The molecule has 0 heterocycles. The van der Waals surface area contributed by atoms with E-state index in [1.165, 1.54) is 0 Å². The number of nitro groups is 1. The Morgan fingerprint density at radius 2 is 1.79 bits per heavy atom. The summed E-state index contributed by atoms with van der Waals surface area (Å²) in [5, 5.41) is 20.3. The Kier molecular flexibility index (Phi) is 4.38. The second-order valence-corrected chi connectivity index (χ2v) is 6.27. The van der Waals surface area contributed by atoms with E-state index in [1.54, 1.807) is 0 Å². The molecular formula is C13H9F3N2O5S. The van der Waals surface area contributed by atoms with Gasteiger partial charge < -0.3 is 5.11 Å². The van der Waals surface area contributed by atoms with Crippen molar-refractivity contribution in [2.24, 2.45) is 0 Å². The van der Waals surface area contributed by atoms with Gasteiger partial charge in [-0.15, -0.1) is 0 Å². The van der Waals surface area contributed by atoms with Gasteiger partial charge in [0.15, 0.2) is 0 Å². The summed E-state index contributed by atoms with van der Waals surface area (Å²) in [5.74, 6) is -0.615. The highest BCUT2D eigenvalue weighted by molar-refractivity contribution is 7.92. The lowest BCUT2D eigenvalue weighted by Gasteiger charge is -2.11. The summed E-state index contributed by atoms with van der Waals surface area (Å²) in [7, 11) is -4.49. The van der Waals surface area contributed by atoms with Crippen LogP contribution in [0.5, 0.6) is 5.75 Å². The fraction of sp³-hybridized carbons (Fsp3) is 0.0769. The summed E-state index contributed by atoms with van der Waals surface area (Å²) < 4.78 is 64.1. The molecule has 24 heavy (non-hydrogen) atoms. The average molecular weight is 362 g/mol. The summed E-state index contributed by atoms with van der Waals surface area (Å²) in [6.45, 7) is 0. The molecule has 128 valence electrons. The van der Waals surface area contributed by atoms with E-state index in [0.717, 1.165) is 30.3 Å². The summed E-state index contributed by atoms with van der Waals surface area (Å²) in [6, 6.07) is 5.53. The van der Waals surface area contributed by atoms with Crippen molar-refractivity contribution in [3.63, 3.8) is 0 Å². The van der Waals surface area contributed by atoms with Crippen molar-refractivity contribution in [2.75, 3.05) is 4.72 Å². The molecule has 0 amide bonds. The number of non-ortho nitro benzene ring substituents is 1. The van der Waals surface area contributed by atoms with E-state index in [4.69, 9.17) is 0 Å². The van der Waals surface area contributed by atoms with Crippen molar-refractivity contribution in [2.45, 2.75) is 11.1 Å². The molecule has 0 saturated heterocycles. The number of hydrogen-bond acceptors (Lipinski definition) is 5. The zero-order valence-corrected chi connectivity index (χ0v) is 12.4. The molecule has 0 aliphatic heterocycles. The van der Waals surface area contributed by atoms with E-state index in [1.807, 2.05) is 4.72 Å². The van der Waals surface area contributed by atoms with Gasteiger partial charge >= 0.3 is 6.18 Å². The quantitative estimate of drug-likeness (QED) is 0.493. The first-order chi connectivity index (χ1) is 11.0. The Bertz CT molecular complexity index is 897. The van der Waals surface area contributed by atoms with Crippen molar-refractivity contribution in [1.82, 2.24) is 0 Å². The Morgan fingerprint density at radius 1 is 1.12 bits per heavy atom. The summed E-state index contributed by atoms with van der Waals surface area (Å²) in [5.41, 5.74) is -2.20. The van der Waals surface area contributed by atoms with Gasteiger partial charge in [0.25, 0.3) is 15.7 Å². The SMILES string of the molecule is O=[N+]([O-])c1ccc(O)c(NS(=O)(=O)c2cccc(C(F)(F)F)c2)c1. The van der Waals surface area contributed by atoms with Crippen LogP contribution in [0.3, 0.4) is 0 Å². The van der Waals surface area contributed by atoms with Gasteiger partial charge in [-0.05, 0) is 24.3 Å². The van der Waals surface area contributed by atoms with E-state index in [-0.39, 0.29) is 0 Å². The molecule has 2 aromatic carbocycles. The second kappa shape index (κ2) is 6.00. The molecule has 11 heteroatoms. The molecule has 0 spiro atoms. The number of nitrogens with zero attached hydrogens (tertiary/aromatic N) is 1. The molecule has 7 nitrogen and oxygen atoms in total. The van der Waals surface area contributed by atoms with Gasteiger partial charge in [0.2, 0.25) is 0 Å². The number of nitrogens with one attached hydrogen (secondary N) is 1. The maximum absolute atomic E-state index is 12.7. The first kappa shape index (κ1) is 17.5. The van der Waals surface area contributed by atoms with Crippen LogP contribution in [0.4, 0.5) is 24.5 Å². The largest absolute Gasteiger partial charge is 0.506 e. The number of sulfonamides is 1. The number of rotatable bonds is 4. The normalized spacial score (nSPS) is 12.0. The smallest absolute Gasteiger partial charge is 0.416 e. The van der Waals surface area contributed by atoms with Crippen LogP contribution in [0.1, 0.15) is 5.56 Å². The Hall–Kier alpha value is -2.82. The number of hydrogen-bond donors (Lipinski definition) is 2. The van der Waals surface area contributed by atoms with Gasteiger partial charge in [0.05, 0.1) is 21.1 Å². The number of phenolic OH excluding ortho intramolecular Hbond substituents is 1. The summed E-state index contributed by atoms with van der Waals surface area (Å²) >= 11 is 0. The molecule has 0 saturated carbocycles. The maximum atomic E-state index is 12.7. The van der Waals surface area contributed by atoms with Crippen LogP contribution in [-0.2, 0) is 16.2 Å². The average Bonchev–Trinajstić information content (AvgIpc) is 2.48. The number of anilines is 1. The number of phenols is 1. The van der Waals surface area contributed by atoms with Crippen LogP contribution in [0.25, 0.3) is 0 Å². The van der Waals surface area contributed by atoms with Crippen molar-refractivity contribution in [3.05, 3.63) is 58.1 Å². The van der Waals surface area contributed by atoms with Crippen molar-refractivity contribution in [1.29, 1.82) is 0 Å². The molecule has 0 aliphatic carbocycles.